The minimum absolute atomic E-state index is 0.272. The van der Waals surface area contributed by atoms with E-state index in [2.05, 4.69) is 26.0 Å². The molecule has 0 aliphatic heterocycles. The Balaban J connectivity index is 2.21. The van der Waals surface area contributed by atoms with Crippen molar-refractivity contribution in [1.29, 1.82) is 0 Å². The molecule has 2 nitrogen and oxygen atoms in total. The molecule has 0 spiro atoms. The van der Waals surface area contributed by atoms with Crippen LogP contribution in [0.3, 0.4) is 0 Å². The molecular formula is C19H24O2S. The fourth-order valence-electron chi connectivity index (χ4n) is 2.39. The Kier molecular flexibility index (Phi) is 6.20. The summed E-state index contributed by atoms with van der Waals surface area (Å²) in [6.07, 6.45) is 2.09. The van der Waals surface area contributed by atoms with Crippen LogP contribution in [0.1, 0.15) is 31.4 Å². The number of phenolic OH excluding ortho intramolecular Hbond substituents is 1. The molecule has 22 heavy (non-hydrogen) atoms. The molecule has 0 aromatic heterocycles. The summed E-state index contributed by atoms with van der Waals surface area (Å²) >= 11 is 1.78. The molecule has 0 saturated heterocycles. The van der Waals surface area contributed by atoms with Gasteiger partial charge < -0.3 is 9.84 Å². The second kappa shape index (κ2) is 8.14. The molecule has 0 amide bonds. The van der Waals surface area contributed by atoms with E-state index in [1.165, 1.54) is 10.5 Å². The Morgan fingerprint density at radius 3 is 2.50 bits per heavy atom. The summed E-state index contributed by atoms with van der Waals surface area (Å²) < 4.78 is 5.48. The summed E-state index contributed by atoms with van der Waals surface area (Å²) in [5, 5.41) is 9.93. The Hall–Kier alpha value is -1.61. The first kappa shape index (κ1) is 16.8. The number of methoxy groups -OCH3 is 1. The second-order valence-corrected chi connectivity index (χ2v) is 6.87. The lowest BCUT2D eigenvalue weighted by Crippen LogP contribution is -2.00. The van der Waals surface area contributed by atoms with E-state index in [1.807, 2.05) is 24.3 Å². The van der Waals surface area contributed by atoms with Crippen molar-refractivity contribution in [3.05, 3.63) is 53.6 Å². The van der Waals surface area contributed by atoms with Gasteiger partial charge in [-0.1, -0.05) is 32.0 Å². The maximum absolute atomic E-state index is 9.93. The van der Waals surface area contributed by atoms with Gasteiger partial charge in [0, 0.05) is 16.7 Å². The fraction of sp³-hybridized carbons (Fsp3) is 0.368. The van der Waals surface area contributed by atoms with E-state index in [1.54, 1.807) is 24.9 Å². The van der Waals surface area contributed by atoms with E-state index in [-0.39, 0.29) is 5.75 Å². The summed E-state index contributed by atoms with van der Waals surface area (Å²) in [6, 6.07) is 13.9. The molecule has 0 aliphatic rings. The zero-order valence-corrected chi connectivity index (χ0v) is 14.3. The maximum atomic E-state index is 9.93. The van der Waals surface area contributed by atoms with Gasteiger partial charge in [0.2, 0.25) is 0 Å². The van der Waals surface area contributed by atoms with Gasteiger partial charge in [-0.15, -0.1) is 11.8 Å². The molecule has 3 heteroatoms. The fourth-order valence-corrected chi connectivity index (χ4v) is 3.32. The number of hydrogen-bond donors (Lipinski definition) is 1. The average Bonchev–Trinajstić information content (AvgIpc) is 2.52. The summed E-state index contributed by atoms with van der Waals surface area (Å²) in [5.41, 5.74) is 2.38. The van der Waals surface area contributed by atoms with Gasteiger partial charge in [0.05, 0.1) is 7.11 Å². The quantitative estimate of drug-likeness (QED) is 0.705. The van der Waals surface area contributed by atoms with Crippen LogP contribution >= 0.6 is 11.8 Å². The second-order valence-electron chi connectivity index (χ2n) is 5.82. The lowest BCUT2D eigenvalue weighted by atomic mass is 9.98. The Labute approximate surface area is 137 Å². The number of hydrogen-bond acceptors (Lipinski definition) is 3. The van der Waals surface area contributed by atoms with Crippen LogP contribution in [-0.4, -0.2) is 12.2 Å². The molecule has 0 radical (unpaired) electrons. The average molecular weight is 316 g/mol. The van der Waals surface area contributed by atoms with Gasteiger partial charge in [-0.05, 0) is 48.1 Å². The van der Waals surface area contributed by atoms with Crippen LogP contribution in [0.4, 0.5) is 0 Å². The van der Waals surface area contributed by atoms with Crippen LogP contribution in [0, 0.1) is 5.92 Å². The Bertz CT molecular complexity index is 594. The summed E-state index contributed by atoms with van der Waals surface area (Å²) in [5.74, 6) is 2.55. The third kappa shape index (κ3) is 4.70. The minimum atomic E-state index is 0.272. The molecule has 0 aliphatic carbocycles. The highest BCUT2D eigenvalue weighted by Crippen LogP contribution is 2.34. The van der Waals surface area contributed by atoms with Crippen molar-refractivity contribution in [1.82, 2.24) is 0 Å². The van der Waals surface area contributed by atoms with Crippen molar-refractivity contribution in [3.8, 4) is 11.5 Å². The zero-order chi connectivity index (χ0) is 15.9. The van der Waals surface area contributed by atoms with Crippen molar-refractivity contribution >= 4 is 11.8 Å². The SMILES string of the molecule is COc1cc(O)cc(CSc2ccccc2)c1CCC(C)C. The van der Waals surface area contributed by atoms with Gasteiger partial charge in [0.15, 0.2) is 0 Å². The van der Waals surface area contributed by atoms with Crippen LogP contribution in [0.2, 0.25) is 0 Å². The van der Waals surface area contributed by atoms with Crippen LogP contribution < -0.4 is 4.74 Å². The van der Waals surface area contributed by atoms with E-state index >= 15 is 0 Å². The highest BCUT2D eigenvalue weighted by molar-refractivity contribution is 7.98. The summed E-state index contributed by atoms with van der Waals surface area (Å²) in [7, 11) is 1.67. The number of rotatable bonds is 7. The van der Waals surface area contributed by atoms with Gasteiger partial charge >= 0.3 is 0 Å². The topological polar surface area (TPSA) is 29.5 Å². The van der Waals surface area contributed by atoms with E-state index in [4.69, 9.17) is 4.74 Å². The first-order chi connectivity index (χ1) is 10.6. The first-order valence-corrected chi connectivity index (χ1v) is 8.65. The van der Waals surface area contributed by atoms with Gasteiger partial charge in [-0.25, -0.2) is 0 Å². The number of thioether (sulfide) groups is 1. The summed E-state index contributed by atoms with van der Waals surface area (Å²) in [4.78, 5) is 1.24. The Morgan fingerprint density at radius 2 is 1.86 bits per heavy atom. The molecule has 2 aromatic rings. The van der Waals surface area contributed by atoms with Crippen molar-refractivity contribution in [2.45, 2.75) is 37.3 Å². The lowest BCUT2D eigenvalue weighted by molar-refractivity contribution is 0.400. The smallest absolute Gasteiger partial charge is 0.126 e. The molecule has 0 unspecified atom stereocenters. The van der Waals surface area contributed by atoms with Gasteiger partial charge in [0.25, 0.3) is 0 Å². The predicted octanol–water partition coefficient (Wildman–Crippen LogP) is 5.28. The van der Waals surface area contributed by atoms with Crippen LogP contribution in [0.5, 0.6) is 11.5 Å². The van der Waals surface area contributed by atoms with E-state index in [9.17, 15) is 5.11 Å². The van der Waals surface area contributed by atoms with Crippen LogP contribution in [0.15, 0.2) is 47.4 Å². The van der Waals surface area contributed by atoms with Crippen LogP contribution in [0.25, 0.3) is 0 Å². The molecule has 0 heterocycles. The zero-order valence-electron chi connectivity index (χ0n) is 13.5. The summed E-state index contributed by atoms with van der Waals surface area (Å²) in [6.45, 7) is 4.45. The standard InChI is InChI=1S/C19H24O2S/c1-14(2)9-10-18-15(11-16(20)12-19(18)21-3)13-22-17-7-5-4-6-8-17/h4-8,11-12,14,20H,9-10,13H2,1-3H3. The van der Waals surface area contributed by atoms with Crippen molar-refractivity contribution in [2.24, 2.45) is 5.92 Å². The molecule has 0 atom stereocenters. The number of aromatic hydroxyl groups is 1. The minimum Gasteiger partial charge on any atom is -0.508 e. The van der Waals surface area contributed by atoms with Crippen LogP contribution in [-0.2, 0) is 12.2 Å². The highest BCUT2D eigenvalue weighted by Gasteiger charge is 2.12. The van der Waals surface area contributed by atoms with E-state index in [0.717, 1.165) is 29.9 Å². The molecular weight excluding hydrogens is 292 g/mol. The highest BCUT2D eigenvalue weighted by atomic mass is 32.2. The molecule has 0 saturated carbocycles. The van der Waals surface area contributed by atoms with Gasteiger partial charge in [-0.3, -0.25) is 0 Å². The first-order valence-electron chi connectivity index (χ1n) is 7.66. The van der Waals surface area contributed by atoms with Gasteiger partial charge in [-0.2, -0.15) is 0 Å². The molecule has 1 N–H and O–H groups in total. The van der Waals surface area contributed by atoms with Crippen molar-refractivity contribution < 1.29 is 9.84 Å². The maximum Gasteiger partial charge on any atom is 0.126 e. The monoisotopic (exact) mass is 316 g/mol. The van der Waals surface area contributed by atoms with E-state index in [0.29, 0.717) is 5.92 Å². The molecule has 0 fully saturated rings. The normalized spacial score (nSPS) is 10.9. The molecule has 118 valence electrons. The Morgan fingerprint density at radius 1 is 1.14 bits per heavy atom. The third-order valence-electron chi connectivity index (χ3n) is 3.62. The van der Waals surface area contributed by atoms with Crippen molar-refractivity contribution in [2.75, 3.05) is 7.11 Å². The van der Waals surface area contributed by atoms with Gasteiger partial charge in [0.1, 0.15) is 11.5 Å². The molecule has 2 rings (SSSR count). The molecule has 0 bridgehead atoms. The molecule has 2 aromatic carbocycles. The number of ether oxygens (including phenoxy) is 1. The van der Waals surface area contributed by atoms with Crippen molar-refractivity contribution in [3.63, 3.8) is 0 Å². The predicted molar refractivity (Wildman–Crippen MR) is 93.8 cm³/mol. The van der Waals surface area contributed by atoms with E-state index < -0.39 is 0 Å². The number of benzene rings is 2. The largest absolute Gasteiger partial charge is 0.508 e. The third-order valence-corrected chi connectivity index (χ3v) is 4.68. The number of phenols is 1. The lowest BCUT2D eigenvalue weighted by Gasteiger charge is -2.16.